The fourth-order valence-corrected chi connectivity index (χ4v) is 3.37. The van der Waals surface area contributed by atoms with Crippen molar-refractivity contribution in [3.8, 4) is 5.75 Å². The van der Waals surface area contributed by atoms with Gasteiger partial charge in [-0.25, -0.2) is 0 Å². The molecule has 0 spiro atoms. The highest BCUT2D eigenvalue weighted by Gasteiger charge is 2.28. The van der Waals surface area contributed by atoms with Gasteiger partial charge in [0.25, 0.3) is 5.91 Å². The van der Waals surface area contributed by atoms with Crippen LogP contribution >= 0.6 is 23.2 Å². The van der Waals surface area contributed by atoms with Crippen LogP contribution in [0.3, 0.4) is 0 Å². The zero-order valence-corrected chi connectivity index (χ0v) is 17.7. The van der Waals surface area contributed by atoms with Crippen molar-refractivity contribution in [3.63, 3.8) is 0 Å². The normalized spacial score (nSPS) is 11.6. The number of carbonyl (C=O) groups is 2. The predicted molar refractivity (Wildman–Crippen MR) is 112 cm³/mol. The number of halogens is 2. The summed E-state index contributed by atoms with van der Waals surface area (Å²) in [6.45, 7) is 3.93. The Labute approximate surface area is 175 Å². The molecule has 0 aliphatic carbocycles. The Kier molecular flexibility index (Phi) is 8.15. The van der Waals surface area contributed by atoms with Crippen molar-refractivity contribution in [2.75, 3.05) is 13.7 Å². The Morgan fingerprint density at radius 3 is 2.54 bits per heavy atom. The SMILES string of the molecule is CCC(C(=O)NC)N(Cc1cccc(C)c1)C(=O)COc1ccc(Cl)cc1Cl. The van der Waals surface area contributed by atoms with Gasteiger partial charge in [-0.3, -0.25) is 9.59 Å². The van der Waals surface area contributed by atoms with Crippen LogP contribution in [-0.4, -0.2) is 36.4 Å². The molecule has 0 aliphatic rings. The number of ether oxygens (including phenoxy) is 1. The molecule has 28 heavy (non-hydrogen) atoms. The molecular formula is C21H24Cl2N2O3. The Balaban J connectivity index is 2.21. The molecule has 2 amide bonds. The molecule has 0 bridgehead atoms. The molecule has 5 nitrogen and oxygen atoms in total. The van der Waals surface area contributed by atoms with E-state index in [0.717, 1.165) is 11.1 Å². The Hall–Kier alpha value is -2.24. The fourth-order valence-electron chi connectivity index (χ4n) is 2.91. The summed E-state index contributed by atoms with van der Waals surface area (Å²) in [6, 6.07) is 12.0. The number of carbonyl (C=O) groups excluding carboxylic acids is 2. The largest absolute Gasteiger partial charge is 0.482 e. The summed E-state index contributed by atoms with van der Waals surface area (Å²) in [6.07, 6.45) is 0.485. The van der Waals surface area contributed by atoms with Gasteiger partial charge in [-0.1, -0.05) is 60.0 Å². The first-order chi connectivity index (χ1) is 13.3. The number of amides is 2. The van der Waals surface area contributed by atoms with Gasteiger partial charge >= 0.3 is 0 Å². The lowest BCUT2D eigenvalue weighted by molar-refractivity contribution is -0.142. The molecule has 2 aromatic rings. The summed E-state index contributed by atoms with van der Waals surface area (Å²) >= 11 is 12.0. The van der Waals surface area contributed by atoms with Crippen molar-refractivity contribution in [2.45, 2.75) is 32.9 Å². The Morgan fingerprint density at radius 1 is 1.18 bits per heavy atom. The minimum Gasteiger partial charge on any atom is -0.482 e. The van der Waals surface area contributed by atoms with Crippen LogP contribution in [0.15, 0.2) is 42.5 Å². The lowest BCUT2D eigenvalue weighted by Crippen LogP contribution is -2.49. The number of hydrogen-bond donors (Lipinski definition) is 1. The molecule has 0 fully saturated rings. The van der Waals surface area contributed by atoms with Gasteiger partial charge in [0.15, 0.2) is 6.61 Å². The Morgan fingerprint density at radius 2 is 1.93 bits per heavy atom. The van der Waals surface area contributed by atoms with E-state index in [9.17, 15) is 9.59 Å². The van der Waals surface area contributed by atoms with E-state index in [-0.39, 0.29) is 18.4 Å². The van der Waals surface area contributed by atoms with Crippen molar-refractivity contribution < 1.29 is 14.3 Å². The molecule has 1 unspecified atom stereocenters. The summed E-state index contributed by atoms with van der Waals surface area (Å²) in [5.74, 6) is -0.154. The molecular weight excluding hydrogens is 399 g/mol. The maximum Gasteiger partial charge on any atom is 0.261 e. The summed E-state index contributed by atoms with van der Waals surface area (Å²) in [5, 5.41) is 3.43. The molecule has 2 aromatic carbocycles. The zero-order chi connectivity index (χ0) is 20.7. The van der Waals surface area contributed by atoms with Crippen LogP contribution in [-0.2, 0) is 16.1 Å². The van der Waals surface area contributed by atoms with Gasteiger partial charge in [0.1, 0.15) is 11.8 Å². The summed E-state index contributed by atoms with van der Waals surface area (Å²) < 4.78 is 5.59. The summed E-state index contributed by atoms with van der Waals surface area (Å²) in [5.41, 5.74) is 2.03. The molecule has 1 atom stereocenters. The third kappa shape index (κ3) is 5.88. The summed E-state index contributed by atoms with van der Waals surface area (Å²) in [4.78, 5) is 26.8. The van der Waals surface area contributed by atoms with E-state index in [4.69, 9.17) is 27.9 Å². The fraction of sp³-hybridized carbons (Fsp3) is 0.333. The van der Waals surface area contributed by atoms with Crippen molar-refractivity contribution in [1.82, 2.24) is 10.2 Å². The number of likely N-dealkylation sites (N-methyl/N-ethyl adjacent to an activating group) is 1. The van der Waals surface area contributed by atoms with Gasteiger partial charge in [0, 0.05) is 18.6 Å². The number of nitrogens with zero attached hydrogens (tertiary/aromatic N) is 1. The van der Waals surface area contributed by atoms with E-state index < -0.39 is 6.04 Å². The number of hydrogen-bond acceptors (Lipinski definition) is 3. The Bertz CT molecular complexity index is 842. The first-order valence-electron chi connectivity index (χ1n) is 9.00. The second-order valence-electron chi connectivity index (χ2n) is 6.41. The average Bonchev–Trinajstić information content (AvgIpc) is 2.66. The van der Waals surface area contributed by atoms with Crippen LogP contribution in [0.5, 0.6) is 5.75 Å². The molecule has 0 saturated heterocycles. The van der Waals surface area contributed by atoms with Gasteiger partial charge in [-0.05, 0) is 37.1 Å². The van der Waals surface area contributed by atoms with Crippen LogP contribution < -0.4 is 10.1 Å². The zero-order valence-electron chi connectivity index (χ0n) is 16.2. The van der Waals surface area contributed by atoms with Gasteiger partial charge < -0.3 is 15.0 Å². The first-order valence-corrected chi connectivity index (χ1v) is 9.75. The predicted octanol–water partition coefficient (Wildman–Crippen LogP) is 4.23. The molecule has 7 heteroatoms. The van der Waals surface area contributed by atoms with Gasteiger partial charge in [-0.2, -0.15) is 0 Å². The topological polar surface area (TPSA) is 58.6 Å². The van der Waals surface area contributed by atoms with Gasteiger partial charge in [-0.15, -0.1) is 0 Å². The maximum absolute atomic E-state index is 13.0. The molecule has 150 valence electrons. The van der Waals surface area contributed by atoms with E-state index in [1.165, 1.54) is 4.90 Å². The molecule has 0 heterocycles. The second kappa shape index (κ2) is 10.3. The highest BCUT2D eigenvalue weighted by atomic mass is 35.5. The van der Waals surface area contributed by atoms with Crippen LogP contribution in [0, 0.1) is 6.92 Å². The third-order valence-corrected chi connectivity index (χ3v) is 4.84. The number of rotatable bonds is 8. The molecule has 0 radical (unpaired) electrons. The van der Waals surface area contributed by atoms with Gasteiger partial charge in [0.2, 0.25) is 5.91 Å². The van der Waals surface area contributed by atoms with Crippen LogP contribution in [0.1, 0.15) is 24.5 Å². The lowest BCUT2D eigenvalue weighted by Gasteiger charge is -2.30. The van der Waals surface area contributed by atoms with Crippen molar-refractivity contribution in [1.29, 1.82) is 0 Å². The first kappa shape index (κ1) is 22.1. The maximum atomic E-state index is 13.0. The van der Waals surface area contributed by atoms with Crippen molar-refractivity contribution in [2.24, 2.45) is 0 Å². The van der Waals surface area contributed by atoms with E-state index in [0.29, 0.717) is 28.8 Å². The number of nitrogens with one attached hydrogen (secondary N) is 1. The van der Waals surface area contributed by atoms with E-state index in [1.807, 2.05) is 38.1 Å². The van der Waals surface area contributed by atoms with Crippen LogP contribution in [0.25, 0.3) is 0 Å². The minimum absolute atomic E-state index is 0.215. The van der Waals surface area contributed by atoms with Crippen LogP contribution in [0.4, 0.5) is 0 Å². The second-order valence-corrected chi connectivity index (χ2v) is 7.26. The molecule has 1 N–H and O–H groups in total. The minimum atomic E-state index is -0.595. The van der Waals surface area contributed by atoms with E-state index in [2.05, 4.69) is 5.32 Å². The highest BCUT2D eigenvalue weighted by Crippen LogP contribution is 2.27. The lowest BCUT2D eigenvalue weighted by atomic mass is 10.1. The standard InChI is InChI=1S/C21H24Cl2N2O3/c1-4-18(21(27)24-3)25(12-15-7-5-6-14(2)10-15)20(26)13-28-19-9-8-16(22)11-17(19)23/h5-11,18H,4,12-13H2,1-3H3,(H,24,27). The van der Waals surface area contributed by atoms with E-state index >= 15 is 0 Å². The quantitative estimate of drug-likeness (QED) is 0.691. The monoisotopic (exact) mass is 422 g/mol. The van der Waals surface area contributed by atoms with Gasteiger partial charge in [0.05, 0.1) is 5.02 Å². The average molecular weight is 423 g/mol. The third-order valence-electron chi connectivity index (χ3n) is 4.31. The number of aryl methyl sites for hydroxylation is 1. The molecule has 0 saturated carbocycles. The molecule has 0 aliphatic heterocycles. The van der Waals surface area contributed by atoms with Crippen molar-refractivity contribution in [3.05, 3.63) is 63.6 Å². The van der Waals surface area contributed by atoms with Crippen molar-refractivity contribution >= 4 is 35.0 Å². The highest BCUT2D eigenvalue weighted by molar-refractivity contribution is 6.35. The summed E-state index contributed by atoms with van der Waals surface area (Å²) in [7, 11) is 1.56. The van der Waals surface area contributed by atoms with Crippen LogP contribution in [0.2, 0.25) is 10.0 Å². The number of benzene rings is 2. The molecule has 0 aromatic heterocycles. The molecule has 2 rings (SSSR count). The smallest absolute Gasteiger partial charge is 0.261 e. The van der Waals surface area contributed by atoms with E-state index in [1.54, 1.807) is 25.2 Å².